The summed E-state index contributed by atoms with van der Waals surface area (Å²) in [6.45, 7) is 8.21. The zero-order valence-corrected chi connectivity index (χ0v) is 9.54. The van der Waals surface area contributed by atoms with Gasteiger partial charge in [-0.3, -0.25) is 0 Å². The Morgan fingerprint density at radius 2 is 2.14 bits per heavy atom. The highest BCUT2D eigenvalue weighted by molar-refractivity contribution is 4.70. The number of hydrogen-bond acceptors (Lipinski definition) is 3. The Kier molecular flexibility index (Phi) is 4.85. The molecule has 3 nitrogen and oxygen atoms in total. The predicted molar refractivity (Wildman–Crippen MR) is 55.2 cm³/mol. The van der Waals surface area contributed by atoms with Crippen LogP contribution in [0.4, 0.5) is 0 Å². The van der Waals surface area contributed by atoms with Gasteiger partial charge in [-0.15, -0.1) is 0 Å². The third-order valence-electron chi connectivity index (χ3n) is 2.26. The lowest BCUT2D eigenvalue weighted by Crippen LogP contribution is -2.24. The fraction of sp³-hybridized carbons (Fsp3) is 1.00. The molecule has 14 heavy (non-hydrogen) atoms. The Bertz CT molecular complexity index is 157. The van der Waals surface area contributed by atoms with Gasteiger partial charge in [0.2, 0.25) is 0 Å². The van der Waals surface area contributed by atoms with E-state index < -0.39 is 5.79 Å². The van der Waals surface area contributed by atoms with Gasteiger partial charge in [0.1, 0.15) is 6.10 Å². The minimum Gasteiger partial charge on any atom is -0.379 e. The zero-order valence-electron chi connectivity index (χ0n) is 9.54. The van der Waals surface area contributed by atoms with Crippen LogP contribution in [-0.4, -0.2) is 31.7 Å². The van der Waals surface area contributed by atoms with Crippen LogP contribution < -0.4 is 0 Å². The summed E-state index contributed by atoms with van der Waals surface area (Å²) in [7, 11) is 0. The van der Waals surface area contributed by atoms with E-state index in [9.17, 15) is 0 Å². The molecule has 1 saturated heterocycles. The molecule has 0 aliphatic carbocycles. The summed E-state index contributed by atoms with van der Waals surface area (Å²) in [4.78, 5) is 0. The van der Waals surface area contributed by atoms with Crippen LogP contribution in [0.1, 0.15) is 40.0 Å². The van der Waals surface area contributed by atoms with E-state index in [1.165, 1.54) is 12.8 Å². The molecule has 1 rings (SSSR count). The van der Waals surface area contributed by atoms with Crippen molar-refractivity contribution in [1.29, 1.82) is 0 Å². The van der Waals surface area contributed by atoms with Gasteiger partial charge in [-0.25, -0.2) is 0 Å². The Morgan fingerprint density at radius 3 is 2.71 bits per heavy atom. The first-order valence-electron chi connectivity index (χ1n) is 5.53. The van der Waals surface area contributed by atoms with Crippen molar-refractivity contribution in [1.82, 2.24) is 0 Å². The summed E-state index contributed by atoms with van der Waals surface area (Å²) >= 11 is 0. The predicted octanol–water partition coefficient (Wildman–Crippen LogP) is 2.34. The van der Waals surface area contributed by atoms with E-state index >= 15 is 0 Å². The molecule has 1 fully saturated rings. The summed E-state index contributed by atoms with van der Waals surface area (Å²) in [6, 6.07) is 0. The quantitative estimate of drug-likeness (QED) is 0.619. The Balaban J connectivity index is 1.98. The normalized spacial score (nSPS) is 25.5. The molecule has 0 aromatic rings. The average Bonchev–Trinajstić information content (AvgIpc) is 2.45. The van der Waals surface area contributed by atoms with Gasteiger partial charge >= 0.3 is 0 Å². The maximum Gasteiger partial charge on any atom is 0.163 e. The first kappa shape index (κ1) is 12.0. The van der Waals surface area contributed by atoms with Gasteiger partial charge in [0, 0.05) is 6.61 Å². The highest BCUT2D eigenvalue weighted by Gasteiger charge is 2.32. The van der Waals surface area contributed by atoms with Crippen LogP contribution in [-0.2, 0) is 14.2 Å². The van der Waals surface area contributed by atoms with E-state index in [2.05, 4.69) is 6.92 Å². The fourth-order valence-electron chi connectivity index (χ4n) is 1.51. The summed E-state index contributed by atoms with van der Waals surface area (Å²) in [5.74, 6) is -0.419. The van der Waals surface area contributed by atoms with Crippen molar-refractivity contribution in [3.05, 3.63) is 0 Å². The molecule has 1 atom stereocenters. The monoisotopic (exact) mass is 202 g/mol. The van der Waals surface area contributed by atoms with Crippen molar-refractivity contribution < 1.29 is 14.2 Å². The van der Waals surface area contributed by atoms with E-state index in [0.29, 0.717) is 13.2 Å². The summed E-state index contributed by atoms with van der Waals surface area (Å²) in [5.41, 5.74) is 0. The van der Waals surface area contributed by atoms with E-state index in [4.69, 9.17) is 14.2 Å². The highest BCUT2D eigenvalue weighted by atomic mass is 16.7. The molecule has 0 N–H and O–H groups in total. The van der Waals surface area contributed by atoms with Crippen LogP contribution in [0.5, 0.6) is 0 Å². The summed E-state index contributed by atoms with van der Waals surface area (Å²) in [5, 5.41) is 0. The molecule has 0 saturated carbocycles. The second-order valence-corrected chi connectivity index (χ2v) is 4.23. The number of ether oxygens (including phenoxy) is 3. The molecule has 84 valence electrons. The van der Waals surface area contributed by atoms with Crippen LogP contribution in [0.25, 0.3) is 0 Å². The number of unbranched alkanes of at least 4 members (excludes halogenated alkanes) is 2. The van der Waals surface area contributed by atoms with Gasteiger partial charge in [0.25, 0.3) is 0 Å². The second-order valence-electron chi connectivity index (χ2n) is 4.23. The minimum atomic E-state index is -0.419. The van der Waals surface area contributed by atoms with Crippen molar-refractivity contribution in [2.45, 2.75) is 51.9 Å². The fourth-order valence-corrected chi connectivity index (χ4v) is 1.51. The molecule has 0 radical (unpaired) electrons. The van der Waals surface area contributed by atoms with Gasteiger partial charge < -0.3 is 14.2 Å². The molecule has 0 aromatic heterocycles. The van der Waals surface area contributed by atoms with Crippen LogP contribution in [0.3, 0.4) is 0 Å². The Labute approximate surface area is 86.7 Å². The maximum absolute atomic E-state index is 5.61. The van der Waals surface area contributed by atoms with Crippen molar-refractivity contribution in [2.24, 2.45) is 0 Å². The standard InChI is InChI=1S/C11H22O3/c1-4-5-6-7-12-8-10-9-13-11(2,3)14-10/h10H,4-9H2,1-3H3. The van der Waals surface area contributed by atoms with Crippen molar-refractivity contribution in [3.8, 4) is 0 Å². The molecular weight excluding hydrogens is 180 g/mol. The molecule has 1 unspecified atom stereocenters. The lowest BCUT2D eigenvalue weighted by atomic mass is 10.3. The maximum atomic E-state index is 5.61. The molecule has 0 amide bonds. The van der Waals surface area contributed by atoms with Crippen molar-refractivity contribution in [2.75, 3.05) is 19.8 Å². The van der Waals surface area contributed by atoms with Crippen molar-refractivity contribution in [3.63, 3.8) is 0 Å². The highest BCUT2D eigenvalue weighted by Crippen LogP contribution is 2.22. The molecular formula is C11H22O3. The molecule has 1 aliphatic heterocycles. The van der Waals surface area contributed by atoms with E-state index in [1.54, 1.807) is 0 Å². The van der Waals surface area contributed by atoms with E-state index in [0.717, 1.165) is 13.0 Å². The van der Waals surface area contributed by atoms with Gasteiger partial charge in [0.15, 0.2) is 5.79 Å². The number of hydrogen-bond donors (Lipinski definition) is 0. The van der Waals surface area contributed by atoms with Gasteiger partial charge in [0.05, 0.1) is 13.2 Å². The smallest absolute Gasteiger partial charge is 0.163 e. The van der Waals surface area contributed by atoms with Crippen LogP contribution in [0.2, 0.25) is 0 Å². The van der Waals surface area contributed by atoms with E-state index in [-0.39, 0.29) is 6.10 Å². The Morgan fingerprint density at radius 1 is 1.36 bits per heavy atom. The first-order valence-corrected chi connectivity index (χ1v) is 5.53. The summed E-state index contributed by atoms with van der Waals surface area (Å²) in [6.07, 6.45) is 3.74. The lowest BCUT2D eigenvalue weighted by molar-refractivity contribution is -0.145. The molecule has 1 aliphatic rings. The lowest BCUT2D eigenvalue weighted by Gasteiger charge is -2.16. The minimum absolute atomic E-state index is 0.117. The van der Waals surface area contributed by atoms with Crippen molar-refractivity contribution >= 4 is 0 Å². The van der Waals surface area contributed by atoms with Crippen LogP contribution >= 0.6 is 0 Å². The Hall–Kier alpha value is -0.120. The van der Waals surface area contributed by atoms with Gasteiger partial charge in [-0.1, -0.05) is 19.8 Å². The molecule has 0 bridgehead atoms. The van der Waals surface area contributed by atoms with Crippen LogP contribution in [0.15, 0.2) is 0 Å². The van der Waals surface area contributed by atoms with Gasteiger partial charge in [-0.2, -0.15) is 0 Å². The SMILES string of the molecule is CCCCCOCC1COC(C)(C)O1. The van der Waals surface area contributed by atoms with Gasteiger partial charge in [-0.05, 0) is 20.3 Å². The number of rotatable bonds is 6. The molecule has 0 spiro atoms. The zero-order chi connectivity index (χ0) is 10.4. The van der Waals surface area contributed by atoms with Crippen LogP contribution in [0, 0.1) is 0 Å². The second kappa shape index (κ2) is 5.69. The summed E-state index contributed by atoms with van der Waals surface area (Å²) < 4.78 is 16.5. The largest absolute Gasteiger partial charge is 0.379 e. The third-order valence-corrected chi connectivity index (χ3v) is 2.26. The molecule has 1 heterocycles. The van der Waals surface area contributed by atoms with E-state index in [1.807, 2.05) is 13.8 Å². The average molecular weight is 202 g/mol. The third kappa shape index (κ3) is 4.40. The first-order chi connectivity index (χ1) is 6.64. The topological polar surface area (TPSA) is 27.7 Å². The molecule has 0 aromatic carbocycles. The molecule has 3 heteroatoms.